The summed E-state index contributed by atoms with van der Waals surface area (Å²) in [6.45, 7) is 4.48. The Morgan fingerprint density at radius 1 is 1.11 bits per heavy atom. The molecule has 2 heterocycles. The molecule has 0 aromatic heterocycles. The highest BCUT2D eigenvalue weighted by molar-refractivity contribution is 5.85. The van der Waals surface area contributed by atoms with Crippen LogP contribution in [0.25, 0.3) is 0 Å². The minimum Gasteiger partial charge on any atom is -0.330 e. The average Bonchev–Trinajstić information content (AvgIpc) is 2.88. The van der Waals surface area contributed by atoms with Crippen molar-refractivity contribution in [1.29, 1.82) is 0 Å². The lowest BCUT2D eigenvalue weighted by atomic mass is 10.3. The number of carbonyl (C=O) groups excluding carboxylic acids is 1. The van der Waals surface area contributed by atoms with Gasteiger partial charge in [0.1, 0.15) is 0 Å². The molecule has 0 bridgehead atoms. The topological polar surface area (TPSA) is 49.6 Å². The summed E-state index contributed by atoms with van der Waals surface area (Å²) < 4.78 is 0. The summed E-state index contributed by atoms with van der Waals surface area (Å²) in [5.74, 6) is 6.25. The number of hydrogen-bond acceptors (Lipinski definition) is 3. The third kappa shape index (κ3) is 4.66. The molecule has 18 heavy (non-hydrogen) atoms. The number of nitrogens with zero attached hydrogens (tertiary/aromatic N) is 2. The molecule has 0 aromatic rings. The fourth-order valence-electron chi connectivity index (χ4n) is 2.18. The molecule has 0 spiro atoms. The fraction of sp³-hybridized carbons (Fsp3) is 0.750. The van der Waals surface area contributed by atoms with Gasteiger partial charge in [-0.05, 0) is 32.4 Å². The second-order valence-corrected chi connectivity index (χ2v) is 4.49. The number of rotatable bonds is 2. The highest BCUT2D eigenvalue weighted by atomic mass is 35.5. The van der Waals surface area contributed by atoms with Gasteiger partial charge in [-0.1, -0.05) is 11.8 Å². The molecule has 2 rings (SSSR count). The molecule has 2 aliphatic heterocycles. The van der Waals surface area contributed by atoms with E-state index >= 15 is 0 Å². The summed E-state index contributed by atoms with van der Waals surface area (Å²) in [7, 11) is 0. The van der Waals surface area contributed by atoms with Crippen LogP contribution in [-0.2, 0) is 4.79 Å². The van der Waals surface area contributed by atoms with Gasteiger partial charge in [0.25, 0.3) is 0 Å². The van der Waals surface area contributed by atoms with Crippen molar-refractivity contribution in [1.82, 2.24) is 9.80 Å². The van der Waals surface area contributed by atoms with Crippen LogP contribution in [0.2, 0.25) is 0 Å². The maximum atomic E-state index is 11.5. The van der Waals surface area contributed by atoms with Gasteiger partial charge in [-0.3, -0.25) is 9.69 Å². The number of hydrogen-bond donors (Lipinski definition) is 1. The van der Waals surface area contributed by atoms with E-state index in [0.717, 1.165) is 19.5 Å². The number of halogens is 2. The van der Waals surface area contributed by atoms with Gasteiger partial charge in [0.2, 0.25) is 5.91 Å². The summed E-state index contributed by atoms with van der Waals surface area (Å²) in [5.41, 5.74) is 5.62. The van der Waals surface area contributed by atoms with E-state index in [1.165, 1.54) is 25.9 Å². The first-order chi connectivity index (χ1) is 7.77. The maximum Gasteiger partial charge on any atom is 0.240 e. The third-order valence-corrected chi connectivity index (χ3v) is 3.24. The predicted molar refractivity (Wildman–Crippen MR) is 77.1 cm³/mol. The Balaban J connectivity index is 0.00000144. The standard InChI is InChI=1S/C12H19N3O.2ClH/c13-11-5-10-15(12(11)16)9-4-3-8-14-6-1-2-7-14;;/h11H,1-2,5-10,13H2;2*1H/t11-;;/m1../s1. The molecule has 0 aromatic carbocycles. The first kappa shape index (κ1) is 17.5. The van der Waals surface area contributed by atoms with Crippen molar-refractivity contribution in [2.45, 2.75) is 25.3 Å². The van der Waals surface area contributed by atoms with Gasteiger partial charge in [-0.2, -0.15) is 0 Å². The fourth-order valence-corrected chi connectivity index (χ4v) is 2.18. The SMILES string of the molecule is Cl.Cl.N[C@@H]1CCN(CC#CCN2CCCC2)C1=O. The lowest BCUT2D eigenvalue weighted by Crippen LogP contribution is -2.34. The van der Waals surface area contributed by atoms with E-state index in [2.05, 4.69) is 16.7 Å². The molecule has 6 heteroatoms. The average molecular weight is 294 g/mol. The molecule has 1 amide bonds. The normalized spacial score (nSPS) is 23.1. The monoisotopic (exact) mass is 293 g/mol. The van der Waals surface area contributed by atoms with E-state index in [1.807, 2.05) is 0 Å². The van der Waals surface area contributed by atoms with Gasteiger partial charge in [-0.15, -0.1) is 24.8 Å². The molecule has 0 unspecified atom stereocenters. The maximum absolute atomic E-state index is 11.5. The van der Waals surface area contributed by atoms with E-state index in [9.17, 15) is 4.79 Å². The van der Waals surface area contributed by atoms with Crippen LogP contribution in [0, 0.1) is 11.8 Å². The summed E-state index contributed by atoms with van der Waals surface area (Å²) in [6, 6.07) is -0.291. The third-order valence-electron chi connectivity index (χ3n) is 3.24. The van der Waals surface area contributed by atoms with Crippen LogP contribution in [0.1, 0.15) is 19.3 Å². The molecule has 2 N–H and O–H groups in total. The Morgan fingerprint density at radius 3 is 2.28 bits per heavy atom. The highest BCUT2D eigenvalue weighted by Crippen LogP contribution is 2.08. The zero-order valence-corrected chi connectivity index (χ0v) is 12.1. The molecule has 0 aliphatic carbocycles. The first-order valence-electron chi connectivity index (χ1n) is 6.00. The predicted octanol–water partition coefficient (Wildman–Crippen LogP) is 0.489. The molecule has 2 aliphatic rings. The Hall–Kier alpha value is -0.470. The van der Waals surface area contributed by atoms with Crippen LogP contribution >= 0.6 is 24.8 Å². The van der Waals surface area contributed by atoms with Gasteiger partial charge in [-0.25, -0.2) is 0 Å². The first-order valence-corrected chi connectivity index (χ1v) is 6.00. The van der Waals surface area contributed by atoms with Crippen molar-refractivity contribution in [2.75, 3.05) is 32.7 Å². The van der Waals surface area contributed by atoms with Crippen molar-refractivity contribution in [2.24, 2.45) is 5.73 Å². The van der Waals surface area contributed by atoms with Crippen LogP contribution in [0.3, 0.4) is 0 Å². The number of amides is 1. The molecule has 0 saturated carbocycles. The second kappa shape index (κ2) is 8.60. The van der Waals surface area contributed by atoms with E-state index in [-0.39, 0.29) is 36.8 Å². The molecular weight excluding hydrogens is 273 g/mol. The van der Waals surface area contributed by atoms with Crippen molar-refractivity contribution in [3.63, 3.8) is 0 Å². The largest absolute Gasteiger partial charge is 0.330 e. The smallest absolute Gasteiger partial charge is 0.240 e. The summed E-state index contributed by atoms with van der Waals surface area (Å²) in [5, 5.41) is 0. The van der Waals surface area contributed by atoms with E-state index in [4.69, 9.17) is 5.73 Å². The number of likely N-dealkylation sites (tertiary alicyclic amines) is 2. The van der Waals surface area contributed by atoms with Crippen LogP contribution in [0.15, 0.2) is 0 Å². The van der Waals surface area contributed by atoms with Gasteiger partial charge in [0, 0.05) is 6.54 Å². The van der Waals surface area contributed by atoms with Gasteiger partial charge >= 0.3 is 0 Å². The van der Waals surface area contributed by atoms with Crippen molar-refractivity contribution in [3.05, 3.63) is 0 Å². The Kier molecular flexibility index (Phi) is 8.38. The second-order valence-electron chi connectivity index (χ2n) is 4.49. The molecule has 104 valence electrons. The van der Waals surface area contributed by atoms with Crippen LogP contribution in [0.5, 0.6) is 0 Å². The zero-order chi connectivity index (χ0) is 11.4. The minimum atomic E-state index is -0.291. The van der Waals surface area contributed by atoms with Crippen LogP contribution in [-0.4, -0.2) is 54.5 Å². The van der Waals surface area contributed by atoms with E-state index in [1.54, 1.807) is 4.90 Å². The highest BCUT2D eigenvalue weighted by Gasteiger charge is 2.27. The zero-order valence-electron chi connectivity index (χ0n) is 10.4. The van der Waals surface area contributed by atoms with Crippen molar-refractivity contribution < 1.29 is 4.79 Å². The number of nitrogens with two attached hydrogens (primary N) is 1. The molecule has 0 radical (unpaired) electrons. The van der Waals surface area contributed by atoms with Crippen molar-refractivity contribution in [3.8, 4) is 11.8 Å². The van der Waals surface area contributed by atoms with Gasteiger partial charge in [0.15, 0.2) is 0 Å². The van der Waals surface area contributed by atoms with Crippen LogP contribution in [0.4, 0.5) is 0 Å². The number of carbonyl (C=O) groups is 1. The van der Waals surface area contributed by atoms with E-state index < -0.39 is 0 Å². The van der Waals surface area contributed by atoms with E-state index in [0.29, 0.717) is 6.54 Å². The summed E-state index contributed by atoms with van der Waals surface area (Å²) in [6.07, 6.45) is 3.36. The lowest BCUT2D eigenvalue weighted by molar-refractivity contribution is -0.128. The quantitative estimate of drug-likeness (QED) is 0.754. The van der Waals surface area contributed by atoms with Crippen LogP contribution < -0.4 is 5.73 Å². The summed E-state index contributed by atoms with van der Waals surface area (Å²) >= 11 is 0. The van der Waals surface area contributed by atoms with Crippen molar-refractivity contribution >= 4 is 30.7 Å². The van der Waals surface area contributed by atoms with Gasteiger partial charge in [0.05, 0.1) is 19.1 Å². The Morgan fingerprint density at radius 2 is 1.72 bits per heavy atom. The lowest BCUT2D eigenvalue weighted by Gasteiger charge is -2.12. The Bertz CT molecular complexity index is 321. The Labute approximate surface area is 121 Å². The summed E-state index contributed by atoms with van der Waals surface area (Å²) in [4.78, 5) is 15.6. The van der Waals surface area contributed by atoms with Gasteiger partial charge < -0.3 is 10.6 Å². The molecule has 4 nitrogen and oxygen atoms in total. The molecule has 2 saturated heterocycles. The molecule has 1 atom stereocenters. The molecular formula is C12H21Cl2N3O. The molecule has 2 fully saturated rings. The minimum absolute atomic E-state index is 0.